The number of halogens is 2. The van der Waals surface area contributed by atoms with Gasteiger partial charge in [-0.2, -0.15) is 5.10 Å². The van der Waals surface area contributed by atoms with Crippen LogP contribution >= 0.6 is 11.3 Å². The SMILES string of the molecule is Cc1nn(C)c2sc(C(=O)N[C@@H](Cc3cccc(F)c3)c3cccc(F)c3)cc12. The van der Waals surface area contributed by atoms with E-state index in [1.165, 1.54) is 35.6 Å². The van der Waals surface area contributed by atoms with E-state index in [1.54, 1.807) is 28.9 Å². The van der Waals surface area contributed by atoms with Crippen LogP contribution in [-0.4, -0.2) is 15.7 Å². The molecule has 0 saturated carbocycles. The Kier molecular flexibility index (Phi) is 5.15. The summed E-state index contributed by atoms with van der Waals surface area (Å²) in [6, 6.07) is 13.6. The van der Waals surface area contributed by atoms with E-state index in [0.29, 0.717) is 16.9 Å². The summed E-state index contributed by atoms with van der Waals surface area (Å²) >= 11 is 1.36. The van der Waals surface area contributed by atoms with E-state index in [2.05, 4.69) is 10.4 Å². The Morgan fingerprint density at radius 3 is 2.55 bits per heavy atom. The van der Waals surface area contributed by atoms with Gasteiger partial charge >= 0.3 is 0 Å². The number of fused-ring (bicyclic) bond motifs is 1. The topological polar surface area (TPSA) is 46.9 Å². The number of hydrogen-bond acceptors (Lipinski definition) is 3. The van der Waals surface area contributed by atoms with Crippen molar-refractivity contribution in [3.8, 4) is 0 Å². The Bertz CT molecular complexity index is 1160. The first-order valence-electron chi connectivity index (χ1n) is 9.14. The van der Waals surface area contributed by atoms with Crippen LogP contribution in [0.5, 0.6) is 0 Å². The summed E-state index contributed by atoms with van der Waals surface area (Å²) in [7, 11) is 1.84. The van der Waals surface area contributed by atoms with E-state index in [4.69, 9.17) is 0 Å². The van der Waals surface area contributed by atoms with Crippen molar-refractivity contribution in [1.82, 2.24) is 15.1 Å². The first-order valence-corrected chi connectivity index (χ1v) is 9.96. The quantitative estimate of drug-likeness (QED) is 0.506. The Morgan fingerprint density at radius 2 is 1.86 bits per heavy atom. The molecular weight excluding hydrogens is 392 g/mol. The molecule has 1 atom stereocenters. The molecule has 2 aromatic heterocycles. The third-order valence-corrected chi connectivity index (χ3v) is 6.01. The summed E-state index contributed by atoms with van der Waals surface area (Å²) in [5.74, 6) is -0.986. The zero-order chi connectivity index (χ0) is 20.5. The van der Waals surface area contributed by atoms with Gasteiger partial charge in [-0.1, -0.05) is 24.3 Å². The number of carbonyl (C=O) groups excluding carboxylic acids is 1. The lowest BCUT2D eigenvalue weighted by molar-refractivity contribution is 0.0940. The highest BCUT2D eigenvalue weighted by Gasteiger charge is 2.20. The molecule has 0 saturated heterocycles. The van der Waals surface area contributed by atoms with Crippen molar-refractivity contribution >= 4 is 27.5 Å². The van der Waals surface area contributed by atoms with Crippen LogP contribution in [0.15, 0.2) is 54.6 Å². The minimum atomic E-state index is -0.496. The maximum atomic E-state index is 13.8. The van der Waals surface area contributed by atoms with Crippen molar-refractivity contribution in [1.29, 1.82) is 0 Å². The number of carbonyl (C=O) groups is 1. The molecular formula is C22H19F2N3OS. The van der Waals surface area contributed by atoms with Crippen LogP contribution in [0.2, 0.25) is 0 Å². The molecule has 148 valence electrons. The Morgan fingerprint density at radius 1 is 1.14 bits per heavy atom. The summed E-state index contributed by atoms with van der Waals surface area (Å²) in [5.41, 5.74) is 2.21. The second kappa shape index (κ2) is 7.75. The summed E-state index contributed by atoms with van der Waals surface area (Å²) < 4.78 is 29.2. The maximum Gasteiger partial charge on any atom is 0.261 e. The van der Waals surface area contributed by atoms with E-state index >= 15 is 0 Å². The highest BCUT2D eigenvalue weighted by atomic mass is 32.1. The Balaban J connectivity index is 1.64. The number of thiophene rings is 1. The van der Waals surface area contributed by atoms with Crippen LogP contribution in [0, 0.1) is 18.6 Å². The number of nitrogens with zero attached hydrogens (tertiary/aromatic N) is 2. The molecule has 2 heterocycles. The minimum Gasteiger partial charge on any atom is -0.344 e. The molecule has 0 aliphatic heterocycles. The smallest absolute Gasteiger partial charge is 0.261 e. The van der Waals surface area contributed by atoms with Gasteiger partial charge in [0.15, 0.2) is 0 Å². The van der Waals surface area contributed by atoms with E-state index in [0.717, 1.165) is 21.5 Å². The molecule has 4 nitrogen and oxygen atoms in total. The third-order valence-electron chi connectivity index (χ3n) is 4.81. The van der Waals surface area contributed by atoms with Crippen molar-refractivity contribution in [2.75, 3.05) is 0 Å². The van der Waals surface area contributed by atoms with E-state index < -0.39 is 6.04 Å². The van der Waals surface area contributed by atoms with Crippen LogP contribution in [0.3, 0.4) is 0 Å². The third kappa shape index (κ3) is 4.05. The fourth-order valence-corrected chi connectivity index (χ4v) is 4.45. The number of nitrogens with one attached hydrogen (secondary N) is 1. The average molecular weight is 411 g/mol. The largest absolute Gasteiger partial charge is 0.344 e. The number of aromatic nitrogens is 2. The highest BCUT2D eigenvalue weighted by Crippen LogP contribution is 2.28. The average Bonchev–Trinajstić information content (AvgIpc) is 3.23. The molecule has 0 fully saturated rings. The lowest BCUT2D eigenvalue weighted by Gasteiger charge is -2.19. The predicted octanol–water partition coefficient (Wildman–Crippen LogP) is 4.94. The van der Waals surface area contributed by atoms with Gasteiger partial charge in [-0.15, -0.1) is 11.3 Å². The van der Waals surface area contributed by atoms with Gasteiger partial charge in [-0.05, 0) is 54.8 Å². The van der Waals surface area contributed by atoms with Gasteiger partial charge in [-0.3, -0.25) is 9.48 Å². The summed E-state index contributed by atoms with van der Waals surface area (Å²) in [5, 5.41) is 8.28. The van der Waals surface area contributed by atoms with Gasteiger partial charge in [0.1, 0.15) is 16.5 Å². The molecule has 0 radical (unpaired) electrons. The summed E-state index contributed by atoms with van der Waals surface area (Å²) in [6.07, 6.45) is 0.346. The van der Waals surface area contributed by atoms with Gasteiger partial charge < -0.3 is 5.32 Å². The van der Waals surface area contributed by atoms with Gasteiger partial charge in [-0.25, -0.2) is 8.78 Å². The highest BCUT2D eigenvalue weighted by molar-refractivity contribution is 7.20. The zero-order valence-electron chi connectivity index (χ0n) is 15.9. The lowest BCUT2D eigenvalue weighted by atomic mass is 9.98. The van der Waals surface area contributed by atoms with E-state index in [-0.39, 0.29) is 17.5 Å². The van der Waals surface area contributed by atoms with Crippen LogP contribution < -0.4 is 5.32 Å². The number of hydrogen-bond donors (Lipinski definition) is 1. The van der Waals surface area contributed by atoms with Crippen LogP contribution in [0.25, 0.3) is 10.2 Å². The molecule has 1 amide bonds. The second-order valence-corrected chi connectivity index (χ2v) is 7.98. The lowest BCUT2D eigenvalue weighted by Crippen LogP contribution is -2.29. The van der Waals surface area contributed by atoms with Gasteiger partial charge in [0, 0.05) is 12.4 Å². The standard InChI is InChI=1S/C22H19F2N3OS/c1-13-18-12-20(29-22(18)27(2)26-13)21(28)25-19(15-6-4-8-17(24)11-15)10-14-5-3-7-16(23)9-14/h3-9,11-12,19H,10H2,1-2H3,(H,25,28)/t19-/m0/s1. The number of amides is 1. The molecule has 2 aromatic carbocycles. The van der Waals surface area contributed by atoms with Crippen LogP contribution in [-0.2, 0) is 13.5 Å². The molecule has 0 unspecified atom stereocenters. The molecule has 1 N–H and O–H groups in total. The van der Waals surface area contributed by atoms with Crippen molar-refractivity contribution in [3.63, 3.8) is 0 Å². The monoisotopic (exact) mass is 411 g/mol. The fourth-order valence-electron chi connectivity index (χ4n) is 3.42. The van der Waals surface area contributed by atoms with E-state index in [1.807, 2.05) is 20.0 Å². The first kappa shape index (κ1) is 19.3. The Labute approximate surface area is 170 Å². The maximum absolute atomic E-state index is 13.8. The predicted molar refractivity (Wildman–Crippen MR) is 110 cm³/mol. The van der Waals surface area contributed by atoms with Gasteiger partial charge in [0.25, 0.3) is 5.91 Å². The minimum absolute atomic E-state index is 0.253. The summed E-state index contributed by atoms with van der Waals surface area (Å²) in [6.45, 7) is 1.90. The molecule has 0 aliphatic rings. The zero-order valence-corrected chi connectivity index (χ0v) is 16.8. The second-order valence-electron chi connectivity index (χ2n) is 6.95. The van der Waals surface area contributed by atoms with Crippen LogP contribution in [0.4, 0.5) is 8.78 Å². The van der Waals surface area contributed by atoms with Crippen molar-refractivity contribution in [2.45, 2.75) is 19.4 Å². The molecule has 4 aromatic rings. The molecule has 29 heavy (non-hydrogen) atoms. The molecule has 4 rings (SSSR count). The van der Waals surface area contributed by atoms with Gasteiger partial charge in [0.05, 0.1) is 16.6 Å². The van der Waals surface area contributed by atoms with Crippen molar-refractivity contribution in [2.24, 2.45) is 7.05 Å². The van der Waals surface area contributed by atoms with Crippen molar-refractivity contribution in [3.05, 3.63) is 87.9 Å². The number of aryl methyl sites for hydroxylation is 2. The fraction of sp³-hybridized carbons (Fsp3) is 0.182. The van der Waals surface area contributed by atoms with Crippen LogP contribution in [0.1, 0.15) is 32.5 Å². The van der Waals surface area contributed by atoms with Crippen molar-refractivity contribution < 1.29 is 13.6 Å². The number of benzene rings is 2. The first-order chi connectivity index (χ1) is 13.9. The Hall–Kier alpha value is -3.06. The molecule has 0 aliphatic carbocycles. The summed E-state index contributed by atoms with van der Waals surface area (Å²) in [4.78, 5) is 14.4. The molecule has 7 heteroatoms. The van der Waals surface area contributed by atoms with Gasteiger partial charge in [0.2, 0.25) is 0 Å². The number of rotatable bonds is 5. The molecule has 0 bridgehead atoms. The van der Waals surface area contributed by atoms with E-state index in [9.17, 15) is 13.6 Å². The normalized spacial score (nSPS) is 12.3. The molecule has 0 spiro atoms.